The van der Waals surface area contributed by atoms with Crippen molar-refractivity contribution in [1.29, 1.82) is 5.26 Å². The number of nitrogens with zero attached hydrogens (tertiary/aromatic N) is 6. The van der Waals surface area contributed by atoms with Crippen molar-refractivity contribution >= 4 is 35.4 Å². The fourth-order valence-corrected chi connectivity index (χ4v) is 5.84. The van der Waals surface area contributed by atoms with E-state index in [1.165, 1.54) is 32.4 Å². The van der Waals surface area contributed by atoms with Gasteiger partial charge in [-0.05, 0) is 68.8 Å². The van der Waals surface area contributed by atoms with E-state index in [1.54, 1.807) is 39.9 Å². The van der Waals surface area contributed by atoms with Crippen LogP contribution < -0.4 is 15.4 Å². The van der Waals surface area contributed by atoms with Crippen molar-refractivity contribution in [2.45, 2.75) is 26.7 Å². The largest absolute Gasteiger partial charge is 0.494 e. The molecule has 2 aromatic heterocycles. The molecule has 2 fully saturated rings. The summed E-state index contributed by atoms with van der Waals surface area (Å²) in [6, 6.07) is 10.00. The van der Waals surface area contributed by atoms with Crippen LogP contribution in [0.1, 0.15) is 35.7 Å². The predicted molar refractivity (Wildman–Crippen MR) is 177 cm³/mol. The highest BCUT2D eigenvalue weighted by Crippen LogP contribution is 2.32. The molecule has 0 spiro atoms. The van der Waals surface area contributed by atoms with Crippen molar-refractivity contribution in [3.63, 3.8) is 0 Å². The molecule has 258 valence electrons. The number of aromatic nitrogens is 3. The van der Waals surface area contributed by atoms with Gasteiger partial charge in [0.2, 0.25) is 11.7 Å². The Hall–Kier alpha value is -5.62. The number of carbonyl (C=O) groups is 3. The number of hydrogen-bond donors (Lipinski definition) is 3. The summed E-state index contributed by atoms with van der Waals surface area (Å²) < 4.78 is 35.7. The van der Waals surface area contributed by atoms with E-state index in [0.29, 0.717) is 54.6 Å². The number of nitriles is 1. The van der Waals surface area contributed by atoms with Crippen LogP contribution in [-0.2, 0) is 9.59 Å². The number of methoxy groups -OCH3 is 1. The van der Waals surface area contributed by atoms with E-state index in [2.05, 4.69) is 20.6 Å². The highest BCUT2D eigenvalue weighted by Gasteiger charge is 2.30. The fourth-order valence-electron chi connectivity index (χ4n) is 5.84. The first-order valence-electron chi connectivity index (χ1n) is 15.6. The number of fused-ring (bicyclic) bond motifs is 1. The van der Waals surface area contributed by atoms with E-state index in [-0.39, 0.29) is 35.5 Å². The zero-order chi connectivity index (χ0) is 35.5. The quantitative estimate of drug-likeness (QED) is 0.252. The monoisotopic (exact) mass is 676 g/mol. The highest BCUT2D eigenvalue weighted by molar-refractivity contribution is 5.96. The van der Waals surface area contributed by atoms with Gasteiger partial charge in [-0.2, -0.15) is 9.65 Å². The second-order valence-corrected chi connectivity index (χ2v) is 11.2. The maximum Gasteiger partial charge on any atom is 0.290 e. The van der Waals surface area contributed by atoms with Crippen molar-refractivity contribution in [2.75, 3.05) is 51.7 Å². The van der Waals surface area contributed by atoms with E-state index < -0.39 is 11.6 Å². The van der Waals surface area contributed by atoms with Crippen LogP contribution in [0.15, 0.2) is 48.9 Å². The number of amides is 2. The standard InChI is InChI=1S/C31H33F2N7O3.C2H3N.CH2O2/c1-19-17-21(3-4-22(19)31(42)39-15-13-38(14-16-39)30(41)20-7-9-34-10-8-20)37-28-29-36-18-24(40(29)12-11-35-28)23-5-6-25(43-2)27(33)26(23)32;1-2-3;2-1-3/h3-6,11-12,17-18,20,34H,7-10,13-16H2,1-2H3,(H,35,37);1H3;1H,(H,2,3). The van der Waals surface area contributed by atoms with Crippen LogP contribution in [0, 0.1) is 35.8 Å². The summed E-state index contributed by atoms with van der Waals surface area (Å²) in [6.07, 6.45) is 6.35. The Bertz CT molecular complexity index is 1830. The number of halogens is 2. The van der Waals surface area contributed by atoms with Gasteiger partial charge in [-0.1, -0.05) is 0 Å². The molecule has 2 aliphatic rings. The average molecular weight is 677 g/mol. The molecule has 15 heteroatoms. The molecule has 49 heavy (non-hydrogen) atoms. The summed E-state index contributed by atoms with van der Waals surface area (Å²) in [5, 5.41) is 20.7. The molecular formula is C34H38F2N8O5. The maximum atomic E-state index is 14.8. The van der Waals surface area contributed by atoms with Crippen molar-refractivity contribution in [1.82, 2.24) is 29.5 Å². The zero-order valence-electron chi connectivity index (χ0n) is 27.4. The third-order valence-corrected chi connectivity index (χ3v) is 8.26. The van der Waals surface area contributed by atoms with Gasteiger partial charge in [0.05, 0.1) is 25.1 Å². The molecule has 0 saturated carbocycles. The number of imidazole rings is 1. The molecule has 4 heterocycles. The Morgan fingerprint density at radius 1 is 1.08 bits per heavy atom. The second-order valence-electron chi connectivity index (χ2n) is 11.2. The smallest absolute Gasteiger partial charge is 0.290 e. The van der Waals surface area contributed by atoms with Crippen molar-refractivity contribution in [3.8, 4) is 23.1 Å². The number of ether oxygens (including phenoxy) is 1. The SMILES string of the molecule is CC#N.COc1ccc(-c2cnc3c(Nc4ccc(C(=O)N5CCN(C(=O)C6CCNCC6)CC5)c(C)c4)nccn23)c(F)c1F.O=CO. The molecule has 2 amide bonds. The Morgan fingerprint density at radius 3 is 2.37 bits per heavy atom. The van der Waals surface area contributed by atoms with Crippen LogP contribution in [0.5, 0.6) is 5.75 Å². The van der Waals surface area contributed by atoms with Gasteiger partial charge in [-0.15, -0.1) is 0 Å². The van der Waals surface area contributed by atoms with Gasteiger partial charge >= 0.3 is 0 Å². The Balaban J connectivity index is 0.000000841. The molecule has 3 N–H and O–H groups in total. The minimum atomic E-state index is -1.07. The Morgan fingerprint density at radius 2 is 1.73 bits per heavy atom. The van der Waals surface area contributed by atoms with Crippen molar-refractivity contribution < 1.29 is 33.0 Å². The number of hydrogen-bond acceptors (Lipinski definition) is 9. The first-order valence-corrected chi connectivity index (χ1v) is 15.6. The van der Waals surface area contributed by atoms with Gasteiger partial charge in [0.1, 0.15) is 0 Å². The van der Waals surface area contributed by atoms with Crippen LogP contribution in [0.4, 0.5) is 20.3 Å². The van der Waals surface area contributed by atoms with Gasteiger partial charge in [0.25, 0.3) is 12.4 Å². The molecule has 0 bridgehead atoms. The third-order valence-electron chi connectivity index (χ3n) is 8.26. The number of aryl methyl sites for hydroxylation is 1. The minimum Gasteiger partial charge on any atom is -0.494 e. The number of rotatable bonds is 6. The molecule has 13 nitrogen and oxygen atoms in total. The van der Waals surface area contributed by atoms with E-state index in [9.17, 15) is 18.4 Å². The molecule has 2 aliphatic heterocycles. The number of piperidine rings is 1. The third kappa shape index (κ3) is 8.28. The Labute approximate surface area is 282 Å². The van der Waals surface area contributed by atoms with Crippen LogP contribution in [0.25, 0.3) is 16.9 Å². The Kier molecular flexibility index (Phi) is 12.5. The fraction of sp³-hybridized carbons (Fsp3) is 0.353. The van der Waals surface area contributed by atoms with Crippen LogP contribution in [0.2, 0.25) is 0 Å². The topological polar surface area (TPSA) is 165 Å². The van der Waals surface area contributed by atoms with Crippen molar-refractivity contribution in [3.05, 3.63) is 71.7 Å². The number of carbonyl (C=O) groups excluding carboxylic acids is 2. The molecule has 0 unspecified atom stereocenters. The predicted octanol–water partition coefficient (Wildman–Crippen LogP) is 4.25. The lowest BCUT2D eigenvalue weighted by atomic mass is 9.96. The second kappa shape index (κ2) is 17.0. The van der Waals surface area contributed by atoms with E-state index in [1.807, 2.05) is 17.9 Å². The summed E-state index contributed by atoms with van der Waals surface area (Å²) in [6.45, 7) is 6.89. The normalized spacial score (nSPS) is 14.4. The number of carboxylic acid groups (broad SMARTS) is 1. The number of anilines is 2. The van der Waals surface area contributed by atoms with Gasteiger partial charge in [-0.3, -0.25) is 18.8 Å². The van der Waals surface area contributed by atoms with Gasteiger partial charge in [0.15, 0.2) is 23.0 Å². The first kappa shape index (κ1) is 36.2. The lowest BCUT2D eigenvalue weighted by molar-refractivity contribution is -0.137. The van der Waals surface area contributed by atoms with Crippen LogP contribution >= 0.6 is 0 Å². The average Bonchev–Trinajstić information content (AvgIpc) is 3.55. The molecule has 6 rings (SSSR count). The molecule has 0 aliphatic carbocycles. The van der Waals surface area contributed by atoms with Gasteiger partial charge in [0, 0.05) is 68.2 Å². The molecule has 2 aromatic carbocycles. The summed E-state index contributed by atoms with van der Waals surface area (Å²) in [4.78, 5) is 47.1. The maximum absolute atomic E-state index is 14.8. The summed E-state index contributed by atoms with van der Waals surface area (Å²) in [7, 11) is 1.28. The summed E-state index contributed by atoms with van der Waals surface area (Å²) in [5.74, 6) is -1.65. The highest BCUT2D eigenvalue weighted by atomic mass is 19.2. The molecule has 4 aromatic rings. The molecule has 0 radical (unpaired) electrons. The van der Waals surface area contributed by atoms with E-state index in [4.69, 9.17) is 19.9 Å². The lowest BCUT2D eigenvalue weighted by Crippen LogP contribution is -2.52. The number of nitrogens with one attached hydrogen (secondary N) is 2. The summed E-state index contributed by atoms with van der Waals surface area (Å²) in [5.41, 5.74) is 2.89. The van der Waals surface area contributed by atoms with Crippen LogP contribution in [-0.4, -0.2) is 93.9 Å². The van der Waals surface area contributed by atoms with E-state index >= 15 is 0 Å². The van der Waals surface area contributed by atoms with Gasteiger partial charge in [-0.25, -0.2) is 14.4 Å². The minimum absolute atomic E-state index is 0.0399. The van der Waals surface area contributed by atoms with Gasteiger partial charge < -0.3 is 30.3 Å². The van der Waals surface area contributed by atoms with E-state index in [0.717, 1.165) is 31.5 Å². The first-order chi connectivity index (χ1) is 23.7. The molecule has 0 atom stereocenters. The molecular weight excluding hydrogens is 638 g/mol. The number of piperazine rings is 1. The lowest BCUT2D eigenvalue weighted by Gasteiger charge is -2.37. The molecule has 2 saturated heterocycles. The summed E-state index contributed by atoms with van der Waals surface area (Å²) >= 11 is 0. The van der Waals surface area contributed by atoms with Crippen LogP contribution in [0.3, 0.4) is 0 Å². The van der Waals surface area contributed by atoms with Crippen molar-refractivity contribution in [2.24, 2.45) is 5.92 Å². The number of benzene rings is 2. The zero-order valence-corrected chi connectivity index (χ0v) is 27.4.